The van der Waals surface area contributed by atoms with Crippen molar-refractivity contribution in [2.45, 2.75) is 19.3 Å². The van der Waals surface area contributed by atoms with E-state index in [1.54, 1.807) is 23.1 Å². The number of fused-ring (bicyclic) bond motifs is 1. The van der Waals surface area contributed by atoms with E-state index < -0.39 is 11.8 Å². The molecule has 1 aliphatic rings. The van der Waals surface area contributed by atoms with Gasteiger partial charge >= 0.3 is 11.8 Å². The highest BCUT2D eigenvalue weighted by molar-refractivity contribution is 7.00. The molecule has 1 aromatic heterocycles. The minimum atomic E-state index is -0.743. The summed E-state index contributed by atoms with van der Waals surface area (Å²) in [6.07, 6.45) is 2.12. The van der Waals surface area contributed by atoms with E-state index in [9.17, 15) is 14.4 Å². The number of nitrogens with one attached hydrogen (secondary N) is 2. The second-order valence-electron chi connectivity index (χ2n) is 5.49. The Morgan fingerprint density at radius 2 is 2.12 bits per heavy atom. The monoisotopic (exact) mass is 347 g/mol. The maximum Gasteiger partial charge on any atom is 0.313 e. The van der Waals surface area contributed by atoms with E-state index in [-0.39, 0.29) is 5.91 Å². The SMILES string of the molecule is O=C(NCCCN1CCCC1=O)C(=O)Nc1cccc2nsnc12. The van der Waals surface area contributed by atoms with Crippen LogP contribution in [0.15, 0.2) is 18.2 Å². The van der Waals surface area contributed by atoms with Crippen LogP contribution in [0.5, 0.6) is 0 Å². The van der Waals surface area contributed by atoms with Gasteiger partial charge in [-0.2, -0.15) is 8.75 Å². The van der Waals surface area contributed by atoms with Crippen LogP contribution < -0.4 is 10.6 Å². The second kappa shape index (κ2) is 7.35. The Morgan fingerprint density at radius 1 is 1.25 bits per heavy atom. The molecule has 1 aromatic carbocycles. The normalized spacial score (nSPS) is 14.2. The van der Waals surface area contributed by atoms with Crippen LogP contribution in [0.4, 0.5) is 5.69 Å². The number of carbonyl (C=O) groups excluding carboxylic acids is 3. The van der Waals surface area contributed by atoms with E-state index in [1.165, 1.54) is 0 Å². The van der Waals surface area contributed by atoms with Crippen molar-refractivity contribution in [3.8, 4) is 0 Å². The third kappa shape index (κ3) is 3.67. The molecule has 0 unspecified atom stereocenters. The Bertz CT molecular complexity index is 775. The van der Waals surface area contributed by atoms with Crippen molar-refractivity contribution in [2.75, 3.05) is 25.0 Å². The summed E-state index contributed by atoms with van der Waals surface area (Å²) in [7, 11) is 0. The van der Waals surface area contributed by atoms with Gasteiger partial charge < -0.3 is 15.5 Å². The standard InChI is InChI=1S/C15H17N5O3S/c21-12-6-2-8-20(12)9-3-7-16-14(22)15(23)17-10-4-1-5-11-13(10)19-24-18-11/h1,4-5H,2-3,6-9H2,(H,16,22)(H,17,23). The van der Waals surface area contributed by atoms with Crippen molar-refractivity contribution in [2.24, 2.45) is 0 Å². The fourth-order valence-electron chi connectivity index (χ4n) is 2.58. The van der Waals surface area contributed by atoms with E-state index in [4.69, 9.17) is 0 Å². The van der Waals surface area contributed by atoms with Gasteiger partial charge in [-0.1, -0.05) is 6.07 Å². The molecular weight excluding hydrogens is 330 g/mol. The highest BCUT2D eigenvalue weighted by Crippen LogP contribution is 2.20. The number of hydrogen-bond acceptors (Lipinski definition) is 6. The maximum absolute atomic E-state index is 11.9. The van der Waals surface area contributed by atoms with Gasteiger partial charge in [0.05, 0.1) is 17.4 Å². The molecule has 1 aliphatic heterocycles. The molecular formula is C15H17N5O3S. The zero-order chi connectivity index (χ0) is 16.9. The lowest BCUT2D eigenvalue weighted by Crippen LogP contribution is -2.37. The van der Waals surface area contributed by atoms with E-state index in [0.717, 1.165) is 24.7 Å². The van der Waals surface area contributed by atoms with Crippen LogP contribution in [0.3, 0.4) is 0 Å². The third-order valence-electron chi connectivity index (χ3n) is 3.80. The van der Waals surface area contributed by atoms with Crippen LogP contribution in [-0.2, 0) is 14.4 Å². The van der Waals surface area contributed by atoms with Gasteiger partial charge in [-0.3, -0.25) is 14.4 Å². The average Bonchev–Trinajstić information content (AvgIpc) is 3.21. The molecule has 2 heterocycles. The fraction of sp³-hybridized carbons (Fsp3) is 0.400. The average molecular weight is 347 g/mol. The van der Waals surface area contributed by atoms with Crippen molar-refractivity contribution in [1.29, 1.82) is 0 Å². The summed E-state index contributed by atoms with van der Waals surface area (Å²) >= 11 is 1.05. The Kier molecular flexibility index (Phi) is 4.99. The molecule has 126 valence electrons. The summed E-state index contributed by atoms with van der Waals surface area (Å²) in [5, 5.41) is 5.11. The largest absolute Gasteiger partial charge is 0.348 e. The molecule has 1 saturated heterocycles. The molecule has 0 aliphatic carbocycles. The van der Waals surface area contributed by atoms with Crippen molar-refractivity contribution in [3.05, 3.63) is 18.2 Å². The highest BCUT2D eigenvalue weighted by atomic mass is 32.1. The lowest BCUT2D eigenvalue weighted by atomic mass is 10.2. The topological polar surface area (TPSA) is 104 Å². The van der Waals surface area contributed by atoms with Crippen LogP contribution in [-0.4, -0.2) is 51.0 Å². The molecule has 0 bridgehead atoms. The van der Waals surface area contributed by atoms with Gasteiger partial charge in [-0.05, 0) is 25.0 Å². The van der Waals surface area contributed by atoms with E-state index in [0.29, 0.717) is 42.7 Å². The van der Waals surface area contributed by atoms with Crippen LogP contribution in [0, 0.1) is 0 Å². The lowest BCUT2D eigenvalue weighted by Gasteiger charge is -2.15. The summed E-state index contributed by atoms with van der Waals surface area (Å²) in [5.41, 5.74) is 1.70. The Hall–Kier alpha value is -2.55. The molecule has 24 heavy (non-hydrogen) atoms. The van der Waals surface area contributed by atoms with Crippen molar-refractivity contribution < 1.29 is 14.4 Å². The van der Waals surface area contributed by atoms with Gasteiger partial charge in [0.25, 0.3) is 0 Å². The summed E-state index contributed by atoms with van der Waals surface area (Å²) in [6, 6.07) is 5.20. The number of rotatable bonds is 5. The first-order valence-electron chi connectivity index (χ1n) is 7.73. The number of likely N-dealkylation sites (tertiary alicyclic amines) is 1. The maximum atomic E-state index is 11.9. The smallest absolute Gasteiger partial charge is 0.313 e. The molecule has 0 atom stereocenters. The van der Waals surface area contributed by atoms with Crippen molar-refractivity contribution in [3.63, 3.8) is 0 Å². The number of amides is 3. The summed E-state index contributed by atoms with van der Waals surface area (Å²) in [6.45, 7) is 1.72. The second-order valence-corrected chi connectivity index (χ2v) is 6.01. The lowest BCUT2D eigenvalue weighted by molar-refractivity contribution is -0.136. The van der Waals surface area contributed by atoms with E-state index in [1.807, 2.05) is 0 Å². The van der Waals surface area contributed by atoms with Crippen LogP contribution >= 0.6 is 11.7 Å². The third-order valence-corrected chi connectivity index (χ3v) is 4.34. The number of aromatic nitrogens is 2. The van der Waals surface area contributed by atoms with Crippen LogP contribution in [0.2, 0.25) is 0 Å². The van der Waals surface area contributed by atoms with Gasteiger partial charge in [0.1, 0.15) is 11.0 Å². The molecule has 1 fully saturated rings. The molecule has 2 aromatic rings. The first-order valence-corrected chi connectivity index (χ1v) is 8.46. The molecule has 3 rings (SSSR count). The van der Waals surface area contributed by atoms with E-state index in [2.05, 4.69) is 19.4 Å². The predicted molar refractivity (Wildman–Crippen MR) is 89.5 cm³/mol. The van der Waals surface area contributed by atoms with Gasteiger partial charge in [0.2, 0.25) is 5.91 Å². The zero-order valence-electron chi connectivity index (χ0n) is 12.9. The molecule has 8 nitrogen and oxygen atoms in total. The highest BCUT2D eigenvalue weighted by Gasteiger charge is 2.20. The van der Waals surface area contributed by atoms with Crippen LogP contribution in [0.25, 0.3) is 11.0 Å². The molecule has 9 heteroatoms. The first kappa shape index (κ1) is 16.3. The summed E-state index contributed by atoms with van der Waals surface area (Å²) in [5.74, 6) is -1.29. The quantitative estimate of drug-likeness (QED) is 0.614. The van der Waals surface area contributed by atoms with Gasteiger partial charge in [0.15, 0.2) is 0 Å². The number of nitrogens with zero attached hydrogens (tertiary/aromatic N) is 3. The van der Waals surface area contributed by atoms with Crippen LogP contribution in [0.1, 0.15) is 19.3 Å². The molecule has 3 amide bonds. The summed E-state index contributed by atoms with van der Waals surface area (Å²) < 4.78 is 8.19. The van der Waals surface area contributed by atoms with Crippen molar-refractivity contribution >= 4 is 46.2 Å². The molecule has 0 spiro atoms. The Morgan fingerprint density at radius 3 is 2.92 bits per heavy atom. The van der Waals surface area contributed by atoms with E-state index >= 15 is 0 Å². The molecule has 2 N–H and O–H groups in total. The molecule has 0 saturated carbocycles. The number of hydrogen-bond donors (Lipinski definition) is 2. The number of carbonyl (C=O) groups is 3. The molecule has 0 radical (unpaired) electrons. The van der Waals surface area contributed by atoms with Gasteiger partial charge in [-0.25, -0.2) is 0 Å². The van der Waals surface area contributed by atoms with Gasteiger partial charge in [0, 0.05) is 26.1 Å². The summed E-state index contributed by atoms with van der Waals surface area (Å²) in [4.78, 5) is 37.0. The number of anilines is 1. The minimum absolute atomic E-state index is 0.157. The zero-order valence-corrected chi connectivity index (χ0v) is 13.8. The predicted octanol–water partition coefficient (Wildman–Crippen LogP) is 0.759. The Labute approximate surface area is 142 Å². The Balaban J connectivity index is 1.46. The van der Waals surface area contributed by atoms with Crippen molar-refractivity contribution in [1.82, 2.24) is 19.0 Å². The minimum Gasteiger partial charge on any atom is -0.348 e. The number of benzene rings is 1. The fourth-order valence-corrected chi connectivity index (χ4v) is 3.13. The first-order chi connectivity index (χ1) is 11.6. The van der Waals surface area contributed by atoms with Gasteiger partial charge in [-0.15, -0.1) is 0 Å².